The van der Waals surface area contributed by atoms with E-state index in [0.29, 0.717) is 5.69 Å². The number of methoxy groups -OCH3 is 1. The van der Waals surface area contributed by atoms with Gasteiger partial charge >= 0.3 is 0 Å². The van der Waals surface area contributed by atoms with Gasteiger partial charge in [0.05, 0.1) is 0 Å². The molecule has 0 amide bonds. The van der Waals surface area contributed by atoms with Crippen molar-refractivity contribution < 1.29 is 9.47 Å². The molecule has 0 bridgehead atoms. The minimum atomic E-state index is 0.253. The highest BCUT2D eigenvalue weighted by molar-refractivity contribution is 5.47. The van der Waals surface area contributed by atoms with Gasteiger partial charge in [0, 0.05) is 18.9 Å². The second kappa shape index (κ2) is 7.21. The number of benzene rings is 1. The highest BCUT2D eigenvalue weighted by Crippen LogP contribution is 2.17. The molecule has 0 aliphatic carbocycles. The minimum absolute atomic E-state index is 0.253. The lowest BCUT2D eigenvalue weighted by molar-refractivity contribution is 0.0511. The van der Waals surface area contributed by atoms with Crippen LogP contribution in [0, 0.1) is 6.92 Å². The molecule has 0 aromatic heterocycles. The second-order valence-corrected chi connectivity index (χ2v) is 2.63. The quantitative estimate of drug-likeness (QED) is 0.598. The van der Waals surface area contributed by atoms with Gasteiger partial charge in [-0.15, -0.1) is 0 Å². The van der Waals surface area contributed by atoms with E-state index in [1.165, 1.54) is 0 Å². The average molecular weight is 197 g/mol. The molecule has 3 nitrogen and oxygen atoms in total. The summed E-state index contributed by atoms with van der Waals surface area (Å²) < 4.78 is 9.98. The Labute approximate surface area is 85.8 Å². The SMILES string of the molecule is CC.COCOc1cc(C)cc(N)c1. The first-order valence-electron chi connectivity index (χ1n) is 4.71. The first-order chi connectivity index (χ1) is 6.72. The molecule has 3 heteroatoms. The van der Waals surface area contributed by atoms with Crippen LogP contribution in [0.1, 0.15) is 19.4 Å². The Kier molecular flexibility index (Phi) is 6.58. The van der Waals surface area contributed by atoms with Crippen LogP contribution in [0.3, 0.4) is 0 Å². The number of rotatable bonds is 3. The summed E-state index contributed by atoms with van der Waals surface area (Å²) in [7, 11) is 1.58. The van der Waals surface area contributed by atoms with E-state index in [1.807, 2.05) is 32.9 Å². The average Bonchev–Trinajstić information content (AvgIpc) is 2.16. The molecular weight excluding hydrogens is 178 g/mol. The number of hydrogen-bond acceptors (Lipinski definition) is 3. The standard InChI is InChI=1S/C9H13NO2.C2H6/c1-7-3-8(10)5-9(4-7)12-6-11-2;1-2/h3-5H,6,10H2,1-2H3;1-2H3. The molecule has 0 fully saturated rings. The molecule has 1 aromatic rings. The summed E-state index contributed by atoms with van der Waals surface area (Å²) in [4.78, 5) is 0. The normalized spacial score (nSPS) is 8.86. The monoisotopic (exact) mass is 197 g/mol. The molecule has 2 N–H and O–H groups in total. The lowest BCUT2D eigenvalue weighted by Gasteiger charge is -2.06. The summed E-state index contributed by atoms with van der Waals surface area (Å²) in [5.41, 5.74) is 7.40. The molecule has 0 saturated carbocycles. The number of anilines is 1. The first kappa shape index (κ1) is 12.8. The molecule has 1 aromatic carbocycles. The Hall–Kier alpha value is -1.22. The van der Waals surface area contributed by atoms with Crippen molar-refractivity contribution in [3.8, 4) is 5.75 Å². The predicted octanol–water partition coefficient (Wildman–Crippen LogP) is 2.59. The number of hydrogen-bond donors (Lipinski definition) is 1. The van der Waals surface area contributed by atoms with Crippen molar-refractivity contribution in [2.45, 2.75) is 20.8 Å². The zero-order valence-corrected chi connectivity index (χ0v) is 9.33. The van der Waals surface area contributed by atoms with Crippen LogP contribution >= 0.6 is 0 Å². The highest BCUT2D eigenvalue weighted by atomic mass is 16.7. The highest BCUT2D eigenvalue weighted by Gasteiger charge is 1.95. The van der Waals surface area contributed by atoms with Crippen molar-refractivity contribution in [3.63, 3.8) is 0 Å². The van der Waals surface area contributed by atoms with Crippen molar-refractivity contribution in [2.75, 3.05) is 19.6 Å². The third-order valence-corrected chi connectivity index (χ3v) is 1.42. The van der Waals surface area contributed by atoms with Gasteiger partial charge in [0.1, 0.15) is 5.75 Å². The maximum Gasteiger partial charge on any atom is 0.188 e. The molecule has 0 aliphatic rings. The Balaban J connectivity index is 0.000000791. The van der Waals surface area contributed by atoms with E-state index < -0.39 is 0 Å². The number of aryl methyl sites for hydroxylation is 1. The Morgan fingerprint density at radius 1 is 1.21 bits per heavy atom. The molecule has 14 heavy (non-hydrogen) atoms. The first-order valence-corrected chi connectivity index (χ1v) is 4.71. The topological polar surface area (TPSA) is 44.5 Å². The summed E-state index contributed by atoms with van der Waals surface area (Å²) in [6.45, 7) is 6.22. The summed E-state index contributed by atoms with van der Waals surface area (Å²) in [6.07, 6.45) is 0. The van der Waals surface area contributed by atoms with Crippen LogP contribution in [0.25, 0.3) is 0 Å². The summed E-state index contributed by atoms with van der Waals surface area (Å²) in [5.74, 6) is 0.745. The van der Waals surface area contributed by atoms with Crippen LogP contribution in [-0.4, -0.2) is 13.9 Å². The fourth-order valence-corrected chi connectivity index (χ4v) is 0.987. The molecule has 0 unspecified atom stereocenters. The summed E-state index contributed by atoms with van der Waals surface area (Å²) >= 11 is 0. The summed E-state index contributed by atoms with van der Waals surface area (Å²) in [5, 5.41) is 0. The van der Waals surface area contributed by atoms with Crippen molar-refractivity contribution in [2.24, 2.45) is 0 Å². The molecule has 0 radical (unpaired) electrons. The molecule has 0 heterocycles. The van der Waals surface area contributed by atoms with E-state index in [2.05, 4.69) is 0 Å². The van der Waals surface area contributed by atoms with Gasteiger partial charge in [0.2, 0.25) is 0 Å². The van der Waals surface area contributed by atoms with Gasteiger partial charge in [0.15, 0.2) is 6.79 Å². The number of nitrogens with two attached hydrogens (primary N) is 1. The maximum atomic E-state index is 5.61. The van der Waals surface area contributed by atoms with Crippen LogP contribution in [0.5, 0.6) is 5.75 Å². The number of nitrogen functional groups attached to an aromatic ring is 1. The van der Waals surface area contributed by atoms with Crippen LogP contribution in [0.4, 0.5) is 5.69 Å². The Morgan fingerprint density at radius 2 is 1.86 bits per heavy atom. The van der Waals surface area contributed by atoms with E-state index in [-0.39, 0.29) is 6.79 Å². The third kappa shape index (κ3) is 4.72. The van der Waals surface area contributed by atoms with E-state index in [4.69, 9.17) is 15.2 Å². The summed E-state index contributed by atoms with van der Waals surface area (Å²) in [6, 6.07) is 5.57. The van der Waals surface area contributed by atoms with Crippen LogP contribution in [0.15, 0.2) is 18.2 Å². The number of ether oxygens (including phenoxy) is 2. The molecule has 0 aliphatic heterocycles. The lowest BCUT2D eigenvalue weighted by Crippen LogP contribution is -1.99. The van der Waals surface area contributed by atoms with E-state index >= 15 is 0 Å². The predicted molar refractivity (Wildman–Crippen MR) is 59.4 cm³/mol. The van der Waals surface area contributed by atoms with Crippen LogP contribution in [0.2, 0.25) is 0 Å². The second-order valence-electron chi connectivity index (χ2n) is 2.63. The zero-order chi connectivity index (χ0) is 11.0. The molecule has 80 valence electrons. The lowest BCUT2D eigenvalue weighted by atomic mass is 10.2. The maximum absolute atomic E-state index is 5.61. The van der Waals surface area contributed by atoms with E-state index in [0.717, 1.165) is 11.3 Å². The Bertz CT molecular complexity index is 241. The van der Waals surface area contributed by atoms with Crippen LogP contribution in [-0.2, 0) is 4.74 Å². The van der Waals surface area contributed by atoms with Crippen molar-refractivity contribution in [1.82, 2.24) is 0 Å². The zero-order valence-electron chi connectivity index (χ0n) is 9.33. The molecule has 0 spiro atoms. The fraction of sp³-hybridized carbons (Fsp3) is 0.455. The van der Waals surface area contributed by atoms with Crippen molar-refractivity contribution >= 4 is 5.69 Å². The van der Waals surface area contributed by atoms with E-state index in [9.17, 15) is 0 Å². The van der Waals surface area contributed by atoms with Gasteiger partial charge in [-0.1, -0.05) is 13.8 Å². The van der Waals surface area contributed by atoms with Crippen molar-refractivity contribution in [3.05, 3.63) is 23.8 Å². The molecule has 1 rings (SSSR count). The minimum Gasteiger partial charge on any atom is -0.467 e. The fourth-order valence-electron chi connectivity index (χ4n) is 0.987. The molecular formula is C11H19NO2. The van der Waals surface area contributed by atoms with Gasteiger partial charge in [-0.3, -0.25) is 0 Å². The van der Waals surface area contributed by atoms with Crippen molar-refractivity contribution in [1.29, 1.82) is 0 Å². The van der Waals surface area contributed by atoms with Gasteiger partial charge in [-0.05, 0) is 24.6 Å². The smallest absolute Gasteiger partial charge is 0.188 e. The van der Waals surface area contributed by atoms with Gasteiger partial charge in [0.25, 0.3) is 0 Å². The molecule has 0 saturated heterocycles. The van der Waals surface area contributed by atoms with Gasteiger partial charge in [-0.2, -0.15) is 0 Å². The van der Waals surface area contributed by atoms with E-state index in [1.54, 1.807) is 13.2 Å². The Morgan fingerprint density at radius 3 is 2.36 bits per heavy atom. The van der Waals surface area contributed by atoms with Gasteiger partial charge < -0.3 is 15.2 Å². The molecule has 0 atom stereocenters. The van der Waals surface area contributed by atoms with Gasteiger partial charge in [-0.25, -0.2) is 0 Å². The third-order valence-electron chi connectivity index (χ3n) is 1.42. The largest absolute Gasteiger partial charge is 0.467 e. The van der Waals surface area contributed by atoms with Crippen LogP contribution < -0.4 is 10.5 Å².